The smallest absolute Gasteiger partial charge is 0.239 e. The number of fused-ring (bicyclic) bond motifs is 1. The van der Waals surface area contributed by atoms with E-state index in [1.807, 2.05) is 22.9 Å². The number of carbonyl (C=O) groups is 1. The zero-order valence-electron chi connectivity index (χ0n) is 15.2. The van der Waals surface area contributed by atoms with Crippen LogP contribution in [0.2, 0.25) is 0 Å². The van der Waals surface area contributed by atoms with E-state index in [0.29, 0.717) is 18.3 Å². The molecule has 3 rings (SSSR count). The normalized spacial score (nSPS) is 18.3. The average Bonchev–Trinajstić information content (AvgIpc) is 3.19. The first-order valence-corrected chi connectivity index (χ1v) is 10.8. The predicted molar refractivity (Wildman–Crippen MR) is 104 cm³/mol. The maximum Gasteiger partial charge on any atom is 0.239 e. The Hall–Kier alpha value is -2.06. The highest BCUT2D eigenvalue weighted by atomic mass is 32.2. The van der Waals surface area contributed by atoms with Crippen LogP contribution in [0.15, 0.2) is 30.5 Å². The summed E-state index contributed by atoms with van der Waals surface area (Å²) in [6.07, 6.45) is 5.25. The average molecular weight is 378 g/mol. The van der Waals surface area contributed by atoms with E-state index in [2.05, 4.69) is 21.9 Å². The molecule has 0 spiro atoms. The molecule has 0 saturated carbocycles. The van der Waals surface area contributed by atoms with Gasteiger partial charge in [-0.25, -0.2) is 8.42 Å². The maximum atomic E-state index is 12.4. The Labute approximate surface area is 154 Å². The number of benzene rings is 1. The van der Waals surface area contributed by atoms with E-state index in [9.17, 15) is 13.2 Å². The van der Waals surface area contributed by atoms with E-state index >= 15 is 0 Å². The molecule has 0 radical (unpaired) electrons. The number of anilines is 1. The van der Waals surface area contributed by atoms with Gasteiger partial charge in [-0.15, -0.1) is 0 Å². The molecule has 1 aliphatic heterocycles. The van der Waals surface area contributed by atoms with E-state index in [4.69, 9.17) is 0 Å². The summed E-state index contributed by atoms with van der Waals surface area (Å²) in [5, 5.41) is 3.81. The standard InChI is InChI=1S/C18H26N4O3S/c1-3-21-10-5-6-14(21)12-19-18(23)13-22-11-9-15-16(20-26(2,24)25)7-4-8-17(15)22/h4,7-9,11,14,20H,3,5-6,10,12-13H2,1-2H3,(H,19,23)/t14-/m0/s1. The minimum absolute atomic E-state index is 0.0353. The molecule has 2 N–H and O–H groups in total. The second-order valence-electron chi connectivity index (χ2n) is 6.78. The van der Waals surface area contributed by atoms with Gasteiger partial charge in [0.25, 0.3) is 0 Å². The van der Waals surface area contributed by atoms with Gasteiger partial charge in [0.15, 0.2) is 0 Å². The van der Waals surface area contributed by atoms with Crippen molar-refractivity contribution < 1.29 is 13.2 Å². The summed E-state index contributed by atoms with van der Waals surface area (Å²) in [4.78, 5) is 14.8. The van der Waals surface area contributed by atoms with Crippen molar-refractivity contribution in [2.75, 3.05) is 30.6 Å². The fourth-order valence-electron chi connectivity index (χ4n) is 3.63. The molecule has 7 nitrogen and oxygen atoms in total. The van der Waals surface area contributed by atoms with Crippen LogP contribution in [0.4, 0.5) is 5.69 Å². The number of rotatable bonds is 7. The molecular weight excluding hydrogens is 352 g/mol. The summed E-state index contributed by atoms with van der Waals surface area (Å²) in [7, 11) is -3.35. The number of sulfonamides is 1. The van der Waals surface area contributed by atoms with Crippen molar-refractivity contribution in [3.8, 4) is 0 Å². The summed E-state index contributed by atoms with van der Waals surface area (Å²) in [5.74, 6) is -0.0353. The van der Waals surface area contributed by atoms with Crippen molar-refractivity contribution in [1.29, 1.82) is 0 Å². The van der Waals surface area contributed by atoms with Gasteiger partial charge < -0.3 is 9.88 Å². The van der Waals surface area contributed by atoms with Crippen LogP contribution < -0.4 is 10.0 Å². The highest BCUT2D eigenvalue weighted by Crippen LogP contribution is 2.25. The van der Waals surface area contributed by atoms with Gasteiger partial charge in [0.05, 0.1) is 17.5 Å². The van der Waals surface area contributed by atoms with Gasteiger partial charge in [-0.1, -0.05) is 13.0 Å². The van der Waals surface area contributed by atoms with Crippen molar-refractivity contribution in [1.82, 2.24) is 14.8 Å². The molecule has 1 saturated heterocycles. The van der Waals surface area contributed by atoms with E-state index in [1.165, 1.54) is 6.42 Å². The quantitative estimate of drug-likeness (QED) is 0.767. The van der Waals surface area contributed by atoms with Crippen LogP contribution in [-0.4, -0.2) is 55.7 Å². The fourth-order valence-corrected chi connectivity index (χ4v) is 4.21. The number of likely N-dealkylation sites (tertiary alicyclic amines) is 1. The lowest BCUT2D eigenvalue weighted by atomic mass is 10.2. The Morgan fingerprint density at radius 3 is 2.85 bits per heavy atom. The molecule has 0 aliphatic carbocycles. The molecule has 0 bridgehead atoms. The molecule has 1 amide bonds. The molecule has 8 heteroatoms. The third kappa shape index (κ3) is 4.37. The highest BCUT2D eigenvalue weighted by Gasteiger charge is 2.23. The molecular formula is C18H26N4O3S. The Morgan fingerprint density at radius 2 is 2.12 bits per heavy atom. The molecule has 1 aromatic heterocycles. The third-order valence-corrected chi connectivity index (χ3v) is 5.45. The van der Waals surface area contributed by atoms with E-state index in [0.717, 1.165) is 36.7 Å². The van der Waals surface area contributed by atoms with Crippen molar-refractivity contribution in [3.63, 3.8) is 0 Å². The second kappa shape index (κ2) is 7.67. The van der Waals surface area contributed by atoms with Gasteiger partial charge >= 0.3 is 0 Å². The summed E-state index contributed by atoms with van der Waals surface area (Å²) < 4.78 is 27.4. The largest absolute Gasteiger partial charge is 0.353 e. The van der Waals surface area contributed by atoms with Crippen molar-refractivity contribution in [2.24, 2.45) is 0 Å². The molecule has 0 unspecified atom stereocenters. The lowest BCUT2D eigenvalue weighted by Crippen LogP contribution is -2.40. The summed E-state index contributed by atoms with van der Waals surface area (Å²) in [6, 6.07) is 7.63. The number of nitrogens with one attached hydrogen (secondary N) is 2. The minimum atomic E-state index is -3.35. The van der Waals surface area contributed by atoms with Gasteiger partial charge in [-0.2, -0.15) is 0 Å². The number of aromatic nitrogens is 1. The summed E-state index contributed by atoms with van der Waals surface area (Å²) in [5.41, 5.74) is 1.35. The Morgan fingerprint density at radius 1 is 1.31 bits per heavy atom. The molecule has 2 aromatic rings. The van der Waals surface area contributed by atoms with Crippen LogP contribution in [0.1, 0.15) is 19.8 Å². The Bertz CT molecular complexity index is 891. The fraction of sp³-hybridized carbons (Fsp3) is 0.500. The SMILES string of the molecule is CCN1CCC[C@H]1CNC(=O)Cn1ccc2c(NS(C)(=O)=O)cccc21. The summed E-state index contributed by atoms with van der Waals surface area (Å²) in [6.45, 7) is 5.15. The van der Waals surface area contributed by atoms with Crippen LogP contribution >= 0.6 is 0 Å². The molecule has 2 heterocycles. The molecule has 1 atom stereocenters. The van der Waals surface area contributed by atoms with Gasteiger partial charge in [0.2, 0.25) is 15.9 Å². The number of likely N-dealkylation sites (N-methyl/N-ethyl adjacent to an activating group) is 1. The van der Waals surface area contributed by atoms with Crippen molar-refractivity contribution in [3.05, 3.63) is 30.5 Å². The van der Waals surface area contributed by atoms with Crippen LogP contribution in [-0.2, 0) is 21.4 Å². The number of amides is 1. The lowest BCUT2D eigenvalue weighted by Gasteiger charge is -2.22. The second-order valence-corrected chi connectivity index (χ2v) is 8.53. The first-order chi connectivity index (χ1) is 12.4. The first-order valence-electron chi connectivity index (χ1n) is 8.94. The molecule has 1 fully saturated rings. The van der Waals surface area contributed by atoms with Crippen LogP contribution in [0.25, 0.3) is 10.9 Å². The number of hydrogen-bond acceptors (Lipinski definition) is 4. The number of hydrogen-bond donors (Lipinski definition) is 2. The molecule has 26 heavy (non-hydrogen) atoms. The van der Waals surface area contributed by atoms with Crippen LogP contribution in [0.3, 0.4) is 0 Å². The molecule has 142 valence electrons. The zero-order valence-corrected chi connectivity index (χ0v) is 16.1. The maximum absolute atomic E-state index is 12.4. The van der Waals surface area contributed by atoms with E-state index in [-0.39, 0.29) is 12.5 Å². The van der Waals surface area contributed by atoms with Crippen molar-refractivity contribution >= 4 is 32.5 Å². The van der Waals surface area contributed by atoms with Gasteiger partial charge in [-0.05, 0) is 44.1 Å². The zero-order chi connectivity index (χ0) is 18.7. The molecule has 1 aliphatic rings. The lowest BCUT2D eigenvalue weighted by molar-refractivity contribution is -0.121. The van der Waals surface area contributed by atoms with E-state index in [1.54, 1.807) is 12.1 Å². The van der Waals surface area contributed by atoms with Gasteiger partial charge in [-0.3, -0.25) is 14.4 Å². The topological polar surface area (TPSA) is 83.4 Å². The number of nitrogens with zero attached hydrogens (tertiary/aromatic N) is 2. The Kier molecular flexibility index (Phi) is 5.52. The monoisotopic (exact) mass is 378 g/mol. The highest BCUT2D eigenvalue weighted by molar-refractivity contribution is 7.92. The predicted octanol–water partition coefficient (Wildman–Crippen LogP) is 1.61. The van der Waals surface area contributed by atoms with E-state index < -0.39 is 10.0 Å². The number of carbonyl (C=O) groups excluding carboxylic acids is 1. The molecule has 1 aromatic carbocycles. The summed E-state index contributed by atoms with van der Waals surface area (Å²) >= 11 is 0. The van der Waals surface area contributed by atoms with Crippen LogP contribution in [0, 0.1) is 0 Å². The van der Waals surface area contributed by atoms with Crippen LogP contribution in [0.5, 0.6) is 0 Å². The minimum Gasteiger partial charge on any atom is -0.353 e. The van der Waals surface area contributed by atoms with Gasteiger partial charge in [0, 0.05) is 24.2 Å². The van der Waals surface area contributed by atoms with Crippen molar-refractivity contribution in [2.45, 2.75) is 32.4 Å². The van der Waals surface area contributed by atoms with Gasteiger partial charge in [0.1, 0.15) is 6.54 Å². The third-order valence-electron chi connectivity index (χ3n) is 4.86. The Balaban J connectivity index is 1.67. The first kappa shape index (κ1) is 18.7.